The maximum atomic E-state index is 11.2. The lowest BCUT2D eigenvalue weighted by molar-refractivity contribution is 0.587. The second kappa shape index (κ2) is 7.02. The number of nitrogens with zero attached hydrogens (tertiary/aromatic N) is 3. The van der Waals surface area contributed by atoms with Gasteiger partial charge in [-0.15, -0.1) is 5.10 Å². The molecule has 0 unspecified atom stereocenters. The molecule has 0 radical (unpaired) electrons. The minimum absolute atomic E-state index is 0.132. The third kappa shape index (κ3) is 4.38. The molecule has 1 aromatic heterocycles. The number of benzene rings is 1. The van der Waals surface area contributed by atoms with Crippen LogP contribution < -0.4 is 5.14 Å². The molecule has 0 bridgehead atoms. The van der Waals surface area contributed by atoms with Crippen LogP contribution in [0.5, 0.6) is 0 Å². The Balaban J connectivity index is 1.96. The van der Waals surface area contributed by atoms with Crippen molar-refractivity contribution in [2.24, 2.45) is 5.14 Å². The number of primary sulfonamides is 1. The maximum Gasteiger partial charge on any atom is 0.238 e. The zero-order valence-corrected chi connectivity index (χ0v) is 13.8. The average molecular weight is 322 g/mol. The summed E-state index contributed by atoms with van der Waals surface area (Å²) >= 11 is 0. The minimum Gasteiger partial charge on any atom is -0.252 e. The molecule has 1 heterocycles. The van der Waals surface area contributed by atoms with E-state index in [0.29, 0.717) is 12.5 Å². The van der Waals surface area contributed by atoms with Crippen molar-refractivity contribution < 1.29 is 8.42 Å². The first-order valence-electron chi connectivity index (χ1n) is 7.42. The molecular weight excluding hydrogens is 300 g/mol. The molecule has 7 heteroatoms. The van der Waals surface area contributed by atoms with Crippen LogP contribution in [-0.4, -0.2) is 23.4 Å². The van der Waals surface area contributed by atoms with Gasteiger partial charge in [-0.3, -0.25) is 4.68 Å². The highest BCUT2D eigenvalue weighted by Gasteiger charge is 2.10. The summed E-state index contributed by atoms with van der Waals surface area (Å²) in [5, 5.41) is 13.4. The zero-order valence-electron chi connectivity index (χ0n) is 12.9. The molecule has 0 fully saturated rings. The highest BCUT2D eigenvalue weighted by Crippen LogP contribution is 2.17. The molecule has 1 atom stereocenters. The fourth-order valence-corrected chi connectivity index (χ4v) is 2.83. The number of hydrogen-bond acceptors (Lipinski definition) is 4. The Bertz CT molecular complexity index is 707. The Morgan fingerprint density at radius 1 is 1.27 bits per heavy atom. The lowest BCUT2D eigenvalue weighted by Gasteiger charge is -2.04. The highest BCUT2D eigenvalue weighted by molar-refractivity contribution is 7.89. The van der Waals surface area contributed by atoms with Crippen molar-refractivity contribution in [2.45, 2.75) is 50.5 Å². The summed E-state index contributed by atoms with van der Waals surface area (Å²) in [4.78, 5) is 0.132. The Morgan fingerprint density at radius 2 is 1.95 bits per heavy atom. The Labute approximate surface area is 131 Å². The Kier molecular flexibility index (Phi) is 5.31. The smallest absolute Gasteiger partial charge is 0.238 e. The fourth-order valence-electron chi connectivity index (χ4n) is 2.32. The molecule has 120 valence electrons. The van der Waals surface area contributed by atoms with E-state index >= 15 is 0 Å². The Morgan fingerprint density at radius 3 is 2.55 bits per heavy atom. The molecule has 1 aromatic carbocycles. The molecule has 0 aliphatic carbocycles. The molecule has 0 aliphatic heterocycles. The van der Waals surface area contributed by atoms with Crippen LogP contribution >= 0.6 is 0 Å². The number of nitrogens with two attached hydrogens (primary N) is 1. The van der Waals surface area contributed by atoms with Gasteiger partial charge in [0.05, 0.1) is 10.6 Å². The first-order valence-corrected chi connectivity index (χ1v) is 8.96. The molecule has 0 saturated carbocycles. The SMILES string of the molecule is CCC[C@H](C)c1cn(CCc2ccc(S(N)(=O)=O)cc2)nn1. The molecule has 0 aliphatic rings. The molecule has 22 heavy (non-hydrogen) atoms. The largest absolute Gasteiger partial charge is 0.252 e. The summed E-state index contributed by atoms with van der Waals surface area (Å²) in [6, 6.07) is 6.61. The van der Waals surface area contributed by atoms with E-state index in [4.69, 9.17) is 5.14 Å². The van der Waals surface area contributed by atoms with Gasteiger partial charge in [-0.05, 0) is 30.5 Å². The summed E-state index contributed by atoms with van der Waals surface area (Å²) in [7, 11) is -3.63. The molecular formula is C15H22N4O2S. The summed E-state index contributed by atoms with van der Waals surface area (Å²) in [5.41, 5.74) is 2.05. The first kappa shape index (κ1) is 16.6. The number of hydrogen-bond donors (Lipinski definition) is 1. The maximum absolute atomic E-state index is 11.2. The van der Waals surface area contributed by atoms with Gasteiger partial charge in [0.1, 0.15) is 0 Å². The van der Waals surface area contributed by atoms with Gasteiger partial charge in [-0.25, -0.2) is 13.6 Å². The van der Waals surface area contributed by atoms with Gasteiger partial charge >= 0.3 is 0 Å². The number of aryl methyl sites for hydroxylation is 2. The van der Waals surface area contributed by atoms with E-state index in [1.807, 2.05) is 10.9 Å². The van der Waals surface area contributed by atoms with Crippen molar-refractivity contribution in [2.75, 3.05) is 0 Å². The molecule has 2 rings (SSSR count). The van der Waals surface area contributed by atoms with Crippen molar-refractivity contribution in [1.82, 2.24) is 15.0 Å². The van der Waals surface area contributed by atoms with E-state index in [-0.39, 0.29) is 4.90 Å². The van der Waals surface area contributed by atoms with Crippen LogP contribution in [0.3, 0.4) is 0 Å². The Hall–Kier alpha value is -1.73. The molecule has 0 saturated heterocycles. The van der Waals surface area contributed by atoms with Gasteiger partial charge < -0.3 is 0 Å². The first-order chi connectivity index (χ1) is 10.4. The molecule has 0 amide bonds. The average Bonchev–Trinajstić information content (AvgIpc) is 2.94. The van der Waals surface area contributed by atoms with Crippen LogP contribution in [0.25, 0.3) is 0 Å². The van der Waals surface area contributed by atoms with E-state index in [1.54, 1.807) is 12.1 Å². The predicted molar refractivity (Wildman–Crippen MR) is 84.9 cm³/mol. The lowest BCUT2D eigenvalue weighted by Crippen LogP contribution is -2.12. The molecule has 2 aromatic rings. The van der Waals surface area contributed by atoms with Gasteiger partial charge in [-0.1, -0.05) is 37.6 Å². The normalized spacial score (nSPS) is 13.2. The monoisotopic (exact) mass is 322 g/mol. The van der Waals surface area contributed by atoms with Gasteiger partial charge in [0.2, 0.25) is 10.0 Å². The number of aromatic nitrogens is 3. The van der Waals surface area contributed by atoms with Crippen LogP contribution in [0.2, 0.25) is 0 Å². The van der Waals surface area contributed by atoms with E-state index < -0.39 is 10.0 Å². The molecule has 2 N–H and O–H groups in total. The molecule has 0 spiro atoms. The zero-order chi connectivity index (χ0) is 16.2. The van der Waals surface area contributed by atoms with E-state index in [9.17, 15) is 8.42 Å². The van der Waals surface area contributed by atoms with Crippen molar-refractivity contribution >= 4 is 10.0 Å². The van der Waals surface area contributed by atoms with Crippen molar-refractivity contribution in [3.63, 3.8) is 0 Å². The van der Waals surface area contributed by atoms with Gasteiger partial charge in [0.15, 0.2) is 0 Å². The van der Waals surface area contributed by atoms with Gasteiger partial charge in [-0.2, -0.15) is 0 Å². The van der Waals surface area contributed by atoms with Gasteiger partial charge in [0, 0.05) is 18.7 Å². The van der Waals surface area contributed by atoms with Crippen molar-refractivity contribution in [3.05, 3.63) is 41.7 Å². The van der Waals surface area contributed by atoms with Crippen LogP contribution in [0.15, 0.2) is 35.4 Å². The third-order valence-corrected chi connectivity index (χ3v) is 4.59. The summed E-state index contributed by atoms with van der Waals surface area (Å²) in [6.07, 6.45) is 4.98. The highest BCUT2D eigenvalue weighted by atomic mass is 32.2. The van der Waals surface area contributed by atoms with Crippen LogP contribution in [0, 0.1) is 0 Å². The van der Waals surface area contributed by atoms with Crippen LogP contribution in [0.1, 0.15) is 43.9 Å². The van der Waals surface area contributed by atoms with Crippen molar-refractivity contribution in [1.29, 1.82) is 0 Å². The van der Waals surface area contributed by atoms with Gasteiger partial charge in [0.25, 0.3) is 0 Å². The second-order valence-electron chi connectivity index (χ2n) is 5.54. The molecule has 6 nitrogen and oxygen atoms in total. The predicted octanol–water partition coefficient (Wildman–Crippen LogP) is 2.07. The lowest BCUT2D eigenvalue weighted by atomic mass is 10.0. The topological polar surface area (TPSA) is 90.9 Å². The van der Waals surface area contributed by atoms with Crippen LogP contribution in [-0.2, 0) is 23.0 Å². The second-order valence-corrected chi connectivity index (χ2v) is 7.10. The van der Waals surface area contributed by atoms with E-state index in [1.165, 1.54) is 12.1 Å². The number of sulfonamides is 1. The summed E-state index contributed by atoms with van der Waals surface area (Å²) in [6.45, 7) is 5.02. The summed E-state index contributed by atoms with van der Waals surface area (Å²) in [5.74, 6) is 0.424. The van der Waals surface area contributed by atoms with E-state index in [0.717, 1.165) is 30.5 Å². The standard InChI is InChI=1S/C15H22N4O2S/c1-3-4-12(2)15-11-19(18-17-15)10-9-13-5-7-14(8-6-13)22(16,20)21/h5-8,11-12H,3-4,9-10H2,1-2H3,(H2,16,20,21)/t12-/m0/s1. The minimum atomic E-state index is -3.63. The third-order valence-electron chi connectivity index (χ3n) is 3.66. The van der Waals surface area contributed by atoms with E-state index in [2.05, 4.69) is 24.2 Å². The fraction of sp³-hybridized carbons (Fsp3) is 0.467. The quantitative estimate of drug-likeness (QED) is 0.845. The van der Waals surface area contributed by atoms with Crippen LogP contribution in [0.4, 0.5) is 0 Å². The summed E-state index contributed by atoms with van der Waals surface area (Å²) < 4.78 is 24.2. The van der Waals surface area contributed by atoms with Crippen molar-refractivity contribution in [3.8, 4) is 0 Å². The number of rotatable bonds is 7.